The first-order valence-electron chi connectivity index (χ1n) is 5.18. The number of hydrogen-bond donors (Lipinski definition) is 1. The molecule has 0 radical (unpaired) electrons. The summed E-state index contributed by atoms with van der Waals surface area (Å²) in [6.07, 6.45) is 0. The zero-order valence-electron chi connectivity index (χ0n) is 9.25. The topological polar surface area (TPSA) is 74.1 Å². The second kappa shape index (κ2) is 3.93. The third kappa shape index (κ3) is 1.86. The molecule has 1 aromatic heterocycles. The number of rotatable bonds is 3. The van der Waals surface area contributed by atoms with Gasteiger partial charge in [0.25, 0.3) is 0 Å². The lowest BCUT2D eigenvalue weighted by Gasteiger charge is -2.05. The predicted octanol–water partition coefficient (Wildman–Crippen LogP) is 0.551. The maximum absolute atomic E-state index is 5.30. The third-order valence-electron chi connectivity index (χ3n) is 2.51. The fourth-order valence-electron chi connectivity index (χ4n) is 1.61. The Hall–Kier alpha value is -2.31. The molecule has 0 amide bonds. The minimum Gasteiger partial charge on any atom is -0.454 e. The molecule has 1 aromatic carbocycles. The zero-order chi connectivity index (χ0) is 11.7. The van der Waals surface area contributed by atoms with Gasteiger partial charge in [0, 0.05) is 13.6 Å². The molecule has 0 saturated heterocycles. The number of aryl methyl sites for hydroxylation is 1. The fourth-order valence-corrected chi connectivity index (χ4v) is 1.61. The Kier molecular flexibility index (Phi) is 2.28. The Morgan fingerprint density at radius 2 is 2.24 bits per heavy atom. The maximum atomic E-state index is 5.30. The number of nitrogens with one attached hydrogen (secondary N) is 1. The van der Waals surface area contributed by atoms with Gasteiger partial charge in [0.2, 0.25) is 12.7 Å². The van der Waals surface area contributed by atoms with Gasteiger partial charge in [-0.2, -0.15) is 0 Å². The van der Waals surface area contributed by atoms with E-state index in [1.54, 1.807) is 11.7 Å². The Morgan fingerprint density at radius 3 is 3.06 bits per heavy atom. The summed E-state index contributed by atoms with van der Waals surface area (Å²) in [5, 5.41) is 14.3. The number of aromatic nitrogens is 4. The molecule has 1 aliphatic heterocycles. The van der Waals surface area contributed by atoms with Crippen LogP contribution in [-0.4, -0.2) is 27.0 Å². The van der Waals surface area contributed by atoms with Gasteiger partial charge in [-0.25, -0.2) is 4.68 Å². The molecule has 7 heteroatoms. The van der Waals surface area contributed by atoms with Crippen LogP contribution in [0.2, 0.25) is 0 Å². The number of benzene rings is 1. The molecular weight excluding hydrogens is 222 g/mol. The predicted molar refractivity (Wildman–Crippen MR) is 58.7 cm³/mol. The summed E-state index contributed by atoms with van der Waals surface area (Å²) >= 11 is 0. The minimum atomic E-state index is 0.291. The monoisotopic (exact) mass is 233 g/mol. The second-order valence-electron chi connectivity index (χ2n) is 3.67. The SMILES string of the molecule is Cn1nnnc1NCc1ccc2c(c1)OCO2. The molecule has 0 unspecified atom stereocenters. The van der Waals surface area contributed by atoms with E-state index in [2.05, 4.69) is 20.8 Å². The molecule has 0 aliphatic carbocycles. The van der Waals surface area contributed by atoms with Crippen LogP contribution in [0.4, 0.5) is 5.95 Å². The Bertz CT molecular complexity index is 539. The summed E-state index contributed by atoms with van der Waals surface area (Å²) in [5.74, 6) is 2.19. The standard InChI is InChI=1S/C10H11N5O2/c1-15-10(12-13-14-15)11-5-7-2-3-8-9(4-7)17-6-16-8/h2-4H,5-6H2,1H3,(H,11,12,14). The van der Waals surface area contributed by atoms with Gasteiger partial charge >= 0.3 is 0 Å². The fraction of sp³-hybridized carbons (Fsp3) is 0.300. The summed E-state index contributed by atoms with van der Waals surface area (Å²) in [6.45, 7) is 0.921. The lowest BCUT2D eigenvalue weighted by atomic mass is 10.2. The molecule has 0 atom stereocenters. The van der Waals surface area contributed by atoms with E-state index in [0.717, 1.165) is 17.1 Å². The van der Waals surface area contributed by atoms with E-state index >= 15 is 0 Å². The van der Waals surface area contributed by atoms with Crippen LogP contribution >= 0.6 is 0 Å². The van der Waals surface area contributed by atoms with Crippen LogP contribution in [0.3, 0.4) is 0 Å². The van der Waals surface area contributed by atoms with Gasteiger partial charge in [0.05, 0.1) is 0 Å². The van der Waals surface area contributed by atoms with Gasteiger partial charge in [-0.3, -0.25) is 0 Å². The van der Waals surface area contributed by atoms with Crippen molar-refractivity contribution in [1.29, 1.82) is 0 Å². The second-order valence-corrected chi connectivity index (χ2v) is 3.67. The van der Waals surface area contributed by atoms with Gasteiger partial charge in [-0.1, -0.05) is 11.2 Å². The highest BCUT2D eigenvalue weighted by molar-refractivity contribution is 5.45. The largest absolute Gasteiger partial charge is 0.454 e. The van der Waals surface area contributed by atoms with E-state index in [1.165, 1.54) is 0 Å². The van der Waals surface area contributed by atoms with Crippen molar-refractivity contribution in [2.24, 2.45) is 7.05 Å². The molecule has 17 heavy (non-hydrogen) atoms. The highest BCUT2D eigenvalue weighted by Gasteiger charge is 2.13. The summed E-state index contributed by atoms with van der Waals surface area (Å²) < 4.78 is 12.1. The zero-order valence-corrected chi connectivity index (χ0v) is 9.25. The van der Waals surface area contributed by atoms with E-state index in [1.807, 2.05) is 18.2 Å². The van der Waals surface area contributed by atoms with Crippen LogP contribution in [0.1, 0.15) is 5.56 Å². The molecule has 2 heterocycles. The van der Waals surface area contributed by atoms with Gasteiger partial charge in [-0.05, 0) is 28.1 Å². The van der Waals surface area contributed by atoms with Crippen molar-refractivity contribution in [3.63, 3.8) is 0 Å². The average molecular weight is 233 g/mol. The molecular formula is C10H11N5O2. The minimum absolute atomic E-state index is 0.291. The van der Waals surface area contributed by atoms with E-state index in [0.29, 0.717) is 19.3 Å². The molecule has 2 aromatic rings. The number of hydrogen-bond acceptors (Lipinski definition) is 6. The third-order valence-corrected chi connectivity index (χ3v) is 2.51. The molecule has 7 nitrogen and oxygen atoms in total. The number of anilines is 1. The van der Waals surface area contributed by atoms with Crippen LogP contribution < -0.4 is 14.8 Å². The average Bonchev–Trinajstić information content (AvgIpc) is 2.94. The first kappa shape index (κ1) is 9.88. The van der Waals surface area contributed by atoms with Crippen molar-refractivity contribution in [3.05, 3.63) is 23.8 Å². The van der Waals surface area contributed by atoms with Gasteiger partial charge < -0.3 is 14.8 Å². The summed E-state index contributed by atoms with van der Waals surface area (Å²) in [4.78, 5) is 0. The molecule has 0 saturated carbocycles. The Balaban J connectivity index is 1.72. The number of tetrazole rings is 1. The molecule has 0 bridgehead atoms. The van der Waals surface area contributed by atoms with E-state index in [4.69, 9.17) is 9.47 Å². The van der Waals surface area contributed by atoms with E-state index in [-0.39, 0.29) is 0 Å². The Morgan fingerprint density at radius 1 is 1.35 bits per heavy atom. The maximum Gasteiger partial charge on any atom is 0.242 e. The van der Waals surface area contributed by atoms with Crippen molar-refractivity contribution in [3.8, 4) is 11.5 Å². The lowest BCUT2D eigenvalue weighted by Crippen LogP contribution is -2.05. The number of nitrogens with zero attached hydrogens (tertiary/aromatic N) is 4. The van der Waals surface area contributed by atoms with Crippen LogP contribution in [0.25, 0.3) is 0 Å². The van der Waals surface area contributed by atoms with Crippen LogP contribution in [0.15, 0.2) is 18.2 Å². The summed E-state index contributed by atoms with van der Waals surface area (Å²) in [5.41, 5.74) is 1.08. The highest BCUT2D eigenvalue weighted by atomic mass is 16.7. The van der Waals surface area contributed by atoms with Gasteiger partial charge in [0.15, 0.2) is 11.5 Å². The Labute approximate surface area is 97.3 Å². The van der Waals surface area contributed by atoms with Crippen molar-refractivity contribution in [2.75, 3.05) is 12.1 Å². The van der Waals surface area contributed by atoms with Crippen molar-refractivity contribution in [1.82, 2.24) is 20.2 Å². The normalized spacial score (nSPS) is 12.8. The number of ether oxygens (including phenoxy) is 2. The van der Waals surface area contributed by atoms with Crippen LogP contribution in [0.5, 0.6) is 11.5 Å². The molecule has 1 N–H and O–H groups in total. The summed E-state index contributed by atoms with van der Waals surface area (Å²) in [6, 6.07) is 5.82. The first-order chi connectivity index (χ1) is 8.33. The molecule has 0 fully saturated rings. The quantitative estimate of drug-likeness (QED) is 0.834. The van der Waals surface area contributed by atoms with E-state index < -0.39 is 0 Å². The number of fused-ring (bicyclic) bond motifs is 1. The van der Waals surface area contributed by atoms with Crippen molar-refractivity contribution < 1.29 is 9.47 Å². The van der Waals surface area contributed by atoms with Crippen LogP contribution in [-0.2, 0) is 13.6 Å². The van der Waals surface area contributed by atoms with E-state index in [9.17, 15) is 0 Å². The first-order valence-corrected chi connectivity index (χ1v) is 5.18. The summed E-state index contributed by atoms with van der Waals surface area (Å²) in [7, 11) is 1.78. The van der Waals surface area contributed by atoms with Crippen molar-refractivity contribution in [2.45, 2.75) is 6.54 Å². The smallest absolute Gasteiger partial charge is 0.242 e. The van der Waals surface area contributed by atoms with Crippen LogP contribution in [0, 0.1) is 0 Å². The van der Waals surface area contributed by atoms with Gasteiger partial charge in [0.1, 0.15) is 0 Å². The van der Waals surface area contributed by atoms with Crippen molar-refractivity contribution >= 4 is 5.95 Å². The van der Waals surface area contributed by atoms with Gasteiger partial charge in [-0.15, -0.1) is 0 Å². The lowest BCUT2D eigenvalue weighted by molar-refractivity contribution is 0.174. The molecule has 1 aliphatic rings. The molecule has 0 spiro atoms. The molecule has 88 valence electrons. The molecule has 3 rings (SSSR count). The highest BCUT2D eigenvalue weighted by Crippen LogP contribution is 2.32.